The van der Waals surface area contributed by atoms with Crippen LogP contribution in [0.15, 0.2) is 0 Å². The van der Waals surface area contributed by atoms with E-state index in [1.54, 1.807) is 6.92 Å². The summed E-state index contributed by atoms with van der Waals surface area (Å²) in [6, 6.07) is 0.0196. The van der Waals surface area contributed by atoms with Crippen LogP contribution in [0.2, 0.25) is 0 Å². The first-order chi connectivity index (χ1) is 8.76. The summed E-state index contributed by atoms with van der Waals surface area (Å²) in [7, 11) is -3.38. The van der Waals surface area contributed by atoms with Crippen molar-refractivity contribution in [2.75, 3.05) is 18.1 Å². The lowest BCUT2D eigenvalue weighted by Gasteiger charge is -2.24. The molecular weight excluding hydrogens is 270 g/mol. The lowest BCUT2D eigenvalue weighted by Crippen LogP contribution is -2.41. The molecule has 0 heterocycles. The monoisotopic (exact) mass is 291 g/mol. The van der Waals surface area contributed by atoms with E-state index in [9.17, 15) is 18.0 Å². The molecular formula is C12H21NO5S. The molecule has 1 N–H and O–H groups in total. The van der Waals surface area contributed by atoms with Gasteiger partial charge in [-0.05, 0) is 19.3 Å². The molecule has 1 aliphatic rings. The summed E-state index contributed by atoms with van der Waals surface area (Å²) in [5.41, 5.74) is 0. The van der Waals surface area contributed by atoms with Crippen LogP contribution in [0.5, 0.6) is 0 Å². The fourth-order valence-corrected chi connectivity index (χ4v) is 3.18. The molecule has 110 valence electrons. The number of aliphatic carboxylic acids is 1. The maximum absolute atomic E-state index is 12.0. The summed E-state index contributed by atoms with van der Waals surface area (Å²) in [4.78, 5) is 24.3. The number of hydrogen-bond acceptors (Lipinski definition) is 4. The van der Waals surface area contributed by atoms with Crippen molar-refractivity contribution in [3.63, 3.8) is 0 Å². The highest BCUT2D eigenvalue weighted by Crippen LogP contribution is 2.28. The molecule has 0 aliphatic heterocycles. The number of carboxylic acids is 1. The molecule has 1 saturated carbocycles. The number of rotatable bonds is 8. The number of hydrogen-bond donors (Lipinski definition) is 1. The zero-order valence-electron chi connectivity index (χ0n) is 11.3. The third kappa shape index (κ3) is 5.18. The quantitative estimate of drug-likeness (QED) is 0.704. The zero-order valence-corrected chi connectivity index (χ0v) is 12.1. The Balaban J connectivity index is 2.66. The first kappa shape index (κ1) is 15.9. The van der Waals surface area contributed by atoms with E-state index in [1.807, 2.05) is 0 Å². The Morgan fingerprint density at radius 3 is 2.37 bits per heavy atom. The maximum atomic E-state index is 12.0. The Morgan fingerprint density at radius 1 is 1.37 bits per heavy atom. The van der Waals surface area contributed by atoms with Gasteiger partial charge in [-0.1, -0.05) is 13.8 Å². The van der Waals surface area contributed by atoms with Gasteiger partial charge in [0.1, 0.15) is 5.75 Å². The number of nitrogens with zero attached hydrogens (tertiary/aromatic N) is 1. The van der Waals surface area contributed by atoms with E-state index in [0.29, 0.717) is 6.42 Å². The largest absolute Gasteiger partial charge is 0.481 e. The van der Waals surface area contributed by atoms with Crippen molar-refractivity contribution in [2.24, 2.45) is 5.92 Å². The van der Waals surface area contributed by atoms with E-state index >= 15 is 0 Å². The van der Waals surface area contributed by atoms with Crippen LogP contribution in [-0.2, 0) is 19.4 Å². The van der Waals surface area contributed by atoms with Gasteiger partial charge in [-0.25, -0.2) is 8.42 Å². The SMILES string of the molecule is CCCS(=O)(=O)CC(=O)N(CC(C)C(=O)O)C1CC1. The van der Waals surface area contributed by atoms with Crippen LogP contribution in [0, 0.1) is 5.92 Å². The lowest BCUT2D eigenvalue weighted by molar-refractivity contribution is -0.142. The smallest absolute Gasteiger partial charge is 0.308 e. The summed E-state index contributed by atoms with van der Waals surface area (Å²) in [5, 5.41) is 8.88. The van der Waals surface area contributed by atoms with Crippen LogP contribution in [0.3, 0.4) is 0 Å². The van der Waals surface area contributed by atoms with E-state index in [4.69, 9.17) is 5.11 Å². The van der Waals surface area contributed by atoms with Crippen molar-refractivity contribution in [1.29, 1.82) is 0 Å². The van der Waals surface area contributed by atoms with Crippen LogP contribution in [0.4, 0.5) is 0 Å². The van der Waals surface area contributed by atoms with E-state index in [2.05, 4.69) is 0 Å². The average molecular weight is 291 g/mol. The molecule has 19 heavy (non-hydrogen) atoms. The number of amides is 1. The molecule has 1 aliphatic carbocycles. The Labute approximate surface area is 113 Å². The zero-order chi connectivity index (χ0) is 14.6. The van der Waals surface area contributed by atoms with Crippen LogP contribution in [0.1, 0.15) is 33.1 Å². The second-order valence-corrected chi connectivity index (χ2v) is 7.29. The summed E-state index contributed by atoms with van der Waals surface area (Å²) in [6.07, 6.45) is 2.13. The minimum absolute atomic E-state index is 0.00820. The van der Waals surface area contributed by atoms with Crippen LogP contribution < -0.4 is 0 Å². The maximum Gasteiger partial charge on any atom is 0.308 e. The van der Waals surface area contributed by atoms with Crippen molar-refractivity contribution in [1.82, 2.24) is 4.90 Å². The molecule has 1 amide bonds. The third-order valence-corrected chi connectivity index (χ3v) is 4.78. The minimum atomic E-state index is -3.38. The Kier molecular flexibility index (Phi) is 5.34. The topological polar surface area (TPSA) is 91.8 Å². The molecule has 0 aromatic carbocycles. The Bertz CT molecular complexity index is 441. The van der Waals surface area contributed by atoms with Gasteiger partial charge in [0.05, 0.1) is 11.7 Å². The van der Waals surface area contributed by atoms with Crippen LogP contribution in [0.25, 0.3) is 0 Å². The van der Waals surface area contributed by atoms with E-state index < -0.39 is 33.4 Å². The second-order valence-electron chi connectivity index (χ2n) is 5.11. The van der Waals surface area contributed by atoms with Crippen LogP contribution >= 0.6 is 0 Å². The first-order valence-corrected chi connectivity index (χ1v) is 8.31. The summed E-state index contributed by atoms with van der Waals surface area (Å²) >= 11 is 0. The molecule has 6 nitrogen and oxygen atoms in total. The fraction of sp³-hybridized carbons (Fsp3) is 0.833. The fourth-order valence-electron chi connectivity index (χ4n) is 1.87. The summed E-state index contributed by atoms with van der Waals surface area (Å²) in [6.45, 7) is 3.35. The molecule has 0 aromatic heterocycles. The molecule has 1 unspecified atom stereocenters. The highest BCUT2D eigenvalue weighted by molar-refractivity contribution is 7.92. The Hall–Kier alpha value is -1.11. The minimum Gasteiger partial charge on any atom is -0.481 e. The van der Waals surface area contributed by atoms with Gasteiger partial charge in [0.25, 0.3) is 0 Å². The van der Waals surface area contributed by atoms with E-state index in [-0.39, 0.29) is 18.3 Å². The molecule has 0 radical (unpaired) electrons. The predicted octanol–water partition coefficient (Wildman–Crippen LogP) is 0.523. The molecule has 0 spiro atoms. The number of carbonyl (C=O) groups excluding carboxylic acids is 1. The van der Waals surface area contributed by atoms with Gasteiger partial charge in [0.2, 0.25) is 5.91 Å². The number of carboxylic acid groups (broad SMARTS) is 1. The number of carbonyl (C=O) groups is 2. The van der Waals surface area contributed by atoms with Crippen molar-refractivity contribution >= 4 is 21.7 Å². The van der Waals surface area contributed by atoms with Crippen LogP contribution in [-0.4, -0.2) is 54.4 Å². The molecule has 1 atom stereocenters. The molecule has 0 saturated heterocycles. The number of sulfone groups is 1. The highest BCUT2D eigenvalue weighted by atomic mass is 32.2. The van der Waals surface area contributed by atoms with Crippen molar-refractivity contribution < 1.29 is 23.1 Å². The van der Waals surface area contributed by atoms with Crippen molar-refractivity contribution in [3.8, 4) is 0 Å². The van der Waals surface area contributed by atoms with Gasteiger partial charge in [-0.2, -0.15) is 0 Å². The van der Waals surface area contributed by atoms with E-state index in [1.165, 1.54) is 11.8 Å². The van der Waals surface area contributed by atoms with Crippen molar-refractivity contribution in [3.05, 3.63) is 0 Å². The first-order valence-electron chi connectivity index (χ1n) is 6.49. The van der Waals surface area contributed by atoms with Gasteiger partial charge in [-0.3, -0.25) is 9.59 Å². The summed E-state index contributed by atoms with van der Waals surface area (Å²) in [5.74, 6) is -2.65. The van der Waals surface area contributed by atoms with Gasteiger partial charge in [-0.15, -0.1) is 0 Å². The molecule has 7 heteroatoms. The Morgan fingerprint density at radius 2 is 1.95 bits per heavy atom. The second kappa shape index (κ2) is 6.36. The molecule has 0 aromatic rings. The van der Waals surface area contributed by atoms with Gasteiger partial charge in [0.15, 0.2) is 9.84 Å². The van der Waals surface area contributed by atoms with E-state index in [0.717, 1.165) is 12.8 Å². The molecule has 1 fully saturated rings. The molecule has 1 rings (SSSR count). The summed E-state index contributed by atoms with van der Waals surface area (Å²) < 4.78 is 23.3. The van der Waals surface area contributed by atoms with Gasteiger partial charge in [0, 0.05) is 12.6 Å². The normalized spacial score (nSPS) is 16.9. The van der Waals surface area contributed by atoms with Gasteiger partial charge < -0.3 is 10.0 Å². The van der Waals surface area contributed by atoms with Gasteiger partial charge >= 0.3 is 5.97 Å². The van der Waals surface area contributed by atoms with Crippen molar-refractivity contribution in [2.45, 2.75) is 39.2 Å². The predicted molar refractivity (Wildman–Crippen MR) is 70.5 cm³/mol. The molecule has 0 bridgehead atoms. The highest BCUT2D eigenvalue weighted by Gasteiger charge is 2.35. The standard InChI is InChI=1S/C12H21NO5S/c1-3-6-19(17,18)8-11(14)13(10-4-5-10)7-9(2)12(15)16/h9-10H,3-8H2,1-2H3,(H,15,16). The lowest BCUT2D eigenvalue weighted by atomic mass is 10.1. The third-order valence-electron chi connectivity index (χ3n) is 3.06. The average Bonchev–Trinajstić information content (AvgIpc) is 3.07.